The second-order valence-electron chi connectivity index (χ2n) is 6.40. The van der Waals surface area contributed by atoms with E-state index in [-0.39, 0.29) is 5.91 Å². The van der Waals surface area contributed by atoms with Gasteiger partial charge in [0, 0.05) is 17.5 Å². The Hall–Kier alpha value is -2.46. The van der Waals surface area contributed by atoms with Crippen molar-refractivity contribution < 1.29 is 4.79 Å². The van der Waals surface area contributed by atoms with E-state index in [0.29, 0.717) is 13.0 Å². The fourth-order valence-electron chi connectivity index (χ4n) is 3.25. The zero-order valence-electron chi connectivity index (χ0n) is 14.0. The van der Waals surface area contributed by atoms with Crippen LogP contribution in [-0.2, 0) is 30.6 Å². The van der Waals surface area contributed by atoms with Crippen molar-refractivity contribution in [1.29, 1.82) is 0 Å². The predicted molar refractivity (Wildman–Crippen MR) is 102 cm³/mol. The van der Waals surface area contributed by atoms with E-state index in [1.54, 1.807) is 11.3 Å². The van der Waals surface area contributed by atoms with Crippen LogP contribution in [0.5, 0.6) is 0 Å². The van der Waals surface area contributed by atoms with Crippen LogP contribution in [0.3, 0.4) is 0 Å². The summed E-state index contributed by atoms with van der Waals surface area (Å²) in [6.45, 7) is 0.558. The van der Waals surface area contributed by atoms with E-state index in [0.717, 1.165) is 21.8 Å². The van der Waals surface area contributed by atoms with E-state index in [1.807, 2.05) is 30.3 Å². The number of nitrogens with one attached hydrogen (secondary N) is 1. The number of fused-ring (bicyclic) bond motifs is 1. The van der Waals surface area contributed by atoms with Crippen LogP contribution >= 0.6 is 11.3 Å². The standard InChI is InChI=1S/C21H20N2OS/c24-20(22-13-15-5-2-1-3-6-15)12-21-23-19(14-25-21)18-10-9-16-7-4-8-17(16)11-18/h1-3,5-6,9-11,14H,4,7-8,12-13H2,(H,22,24). The number of hydrogen-bond donors (Lipinski definition) is 1. The van der Waals surface area contributed by atoms with Crippen molar-refractivity contribution >= 4 is 17.2 Å². The minimum absolute atomic E-state index is 0.0127. The fourth-order valence-corrected chi connectivity index (χ4v) is 4.05. The number of amides is 1. The van der Waals surface area contributed by atoms with Crippen LogP contribution in [0.15, 0.2) is 53.9 Å². The van der Waals surface area contributed by atoms with Gasteiger partial charge in [-0.2, -0.15) is 0 Å². The number of thiazole rings is 1. The molecule has 0 aliphatic heterocycles. The van der Waals surface area contributed by atoms with Gasteiger partial charge in [0.1, 0.15) is 5.01 Å². The quantitative estimate of drug-likeness (QED) is 0.752. The van der Waals surface area contributed by atoms with Crippen molar-refractivity contribution in [3.8, 4) is 11.3 Å². The van der Waals surface area contributed by atoms with E-state index in [4.69, 9.17) is 0 Å². The minimum Gasteiger partial charge on any atom is -0.352 e. The Morgan fingerprint density at radius 2 is 1.92 bits per heavy atom. The van der Waals surface area contributed by atoms with Crippen molar-refractivity contribution in [3.63, 3.8) is 0 Å². The second-order valence-corrected chi connectivity index (χ2v) is 7.35. The summed E-state index contributed by atoms with van der Waals surface area (Å²) in [5.74, 6) is 0.0127. The molecule has 0 saturated heterocycles. The molecule has 4 heteroatoms. The number of carbonyl (C=O) groups is 1. The fraction of sp³-hybridized carbons (Fsp3) is 0.238. The normalized spacial score (nSPS) is 12.8. The van der Waals surface area contributed by atoms with E-state index in [2.05, 4.69) is 33.9 Å². The molecule has 3 nitrogen and oxygen atoms in total. The Kier molecular flexibility index (Phi) is 4.61. The summed E-state index contributed by atoms with van der Waals surface area (Å²) in [4.78, 5) is 16.8. The maximum atomic E-state index is 12.1. The summed E-state index contributed by atoms with van der Waals surface area (Å²) in [6, 6.07) is 16.6. The Morgan fingerprint density at radius 1 is 1.08 bits per heavy atom. The second kappa shape index (κ2) is 7.19. The number of aromatic nitrogens is 1. The topological polar surface area (TPSA) is 42.0 Å². The van der Waals surface area contributed by atoms with Gasteiger partial charge >= 0.3 is 0 Å². The molecular weight excluding hydrogens is 328 g/mol. The molecule has 4 rings (SSSR count). The highest BCUT2D eigenvalue weighted by Crippen LogP contribution is 2.28. The van der Waals surface area contributed by atoms with Crippen LogP contribution in [0.1, 0.15) is 28.1 Å². The average molecular weight is 348 g/mol. The Morgan fingerprint density at radius 3 is 2.80 bits per heavy atom. The zero-order valence-corrected chi connectivity index (χ0v) is 14.8. The molecule has 1 aromatic heterocycles. The number of hydrogen-bond acceptors (Lipinski definition) is 3. The molecule has 0 radical (unpaired) electrons. The Bertz CT molecular complexity index is 886. The maximum Gasteiger partial charge on any atom is 0.227 e. The van der Waals surface area contributed by atoms with Crippen LogP contribution < -0.4 is 5.32 Å². The Balaban J connectivity index is 1.39. The third-order valence-corrected chi connectivity index (χ3v) is 5.44. The minimum atomic E-state index is 0.0127. The molecule has 25 heavy (non-hydrogen) atoms. The van der Waals surface area contributed by atoms with E-state index >= 15 is 0 Å². The highest BCUT2D eigenvalue weighted by atomic mass is 32.1. The van der Waals surface area contributed by atoms with Crippen molar-refractivity contribution in [1.82, 2.24) is 10.3 Å². The van der Waals surface area contributed by atoms with Gasteiger partial charge in [-0.25, -0.2) is 4.98 Å². The molecule has 1 aliphatic carbocycles. The highest BCUT2D eigenvalue weighted by molar-refractivity contribution is 7.10. The molecule has 1 N–H and O–H groups in total. The molecule has 126 valence electrons. The number of nitrogens with zero attached hydrogens (tertiary/aromatic N) is 1. The van der Waals surface area contributed by atoms with E-state index < -0.39 is 0 Å². The Labute approximate surface area is 151 Å². The summed E-state index contributed by atoms with van der Waals surface area (Å²) in [6.07, 6.45) is 3.95. The van der Waals surface area contributed by atoms with Gasteiger partial charge in [-0.15, -0.1) is 11.3 Å². The predicted octanol–water partition coefficient (Wildman–Crippen LogP) is 4.16. The van der Waals surface area contributed by atoms with Gasteiger partial charge in [0.2, 0.25) is 5.91 Å². The first-order chi connectivity index (χ1) is 12.3. The highest BCUT2D eigenvalue weighted by Gasteiger charge is 2.13. The molecule has 0 unspecified atom stereocenters. The van der Waals surface area contributed by atoms with Gasteiger partial charge in [0.05, 0.1) is 12.1 Å². The van der Waals surface area contributed by atoms with Gasteiger partial charge in [0.25, 0.3) is 0 Å². The first-order valence-corrected chi connectivity index (χ1v) is 9.53. The molecule has 1 heterocycles. The van der Waals surface area contributed by atoms with Gasteiger partial charge < -0.3 is 5.32 Å². The summed E-state index contributed by atoms with van der Waals surface area (Å²) >= 11 is 1.56. The third kappa shape index (κ3) is 3.80. The monoisotopic (exact) mass is 348 g/mol. The lowest BCUT2D eigenvalue weighted by atomic mass is 10.1. The molecule has 0 atom stereocenters. The van der Waals surface area contributed by atoms with Crippen molar-refractivity contribution in [2.75, 3.05) is 0 Å². The van der Waals surface area contributed by atoms with E-state index in [1.165, 1.54) is 30.4 Å². The molecular formula is C21H20N2OS. The summed E-state index contributed by atoms with van der Waals surface area (Å²) in [7, 11) is 0. The van der Waals surface area contributed by atoms with Crippen LogP contribution in [0, 0.1) is 0 Å². The molecule has 0 saturated carbocycles. The van der Waals surface area contributed by atoms with E-state index in [9.17, 15) is 4.79 Å². The molecule has 3 aromatic rings. The van der Waals surface area contributed by atoms with Gasteiger partial charge in [-0.05, 0) is 42.0 Å². The van der Waals surface area contributed by atoms with Crippen molar-refractivity contribution in [2.24, 2.45) is 0 Å². The van der Waals surface area contributed by atoms with Crippen molar-refractivity contribution in [2.45, 2.75) is 32.2 Å². The van der Waals surface area contributed by atoms with Crippen LogP contribution in [0.4, 0.5) is 0 Å². The molecule has 0 spiro atoms. The number of carbonyl (C=O) groups excluding carboxylic acids is 1. The summed E-state index contributed by atoms with van der Waals surface area (Å²) < 4.78 is 0. The molecule has 1 amide bonds. The molecule has 0 fully saturated rings. The third-order valence-electron chi connectivity index (χ3n) is 4.59. The molecule has 2 aromatic carbocycles. The maximum absolute atomic E-state index is 12.1. The SMILES string of the molecule is O=C(Cc1nc(-c2ccc3c(c2)CCC3)cs1)NCc1ccccc1. The van der Waals surface area contributed by atoms with Crippen LogP contribution in [0.25, 0.3) is 11.3 Å². The summed E-state index contributed by atoms with van der Waals surface area (Å²) in [5.41, 5.74) is 6.17. The largest absolute Gasteiger partial charge is 0.352 e. The van der Waals surface area contributed by atoms with Gasteiger partial charge in [0.15, 0.2) is 0 Å². The lowest BCUT2D eigenvalue weighted by Gasteiger charge is -2.04. The first kappa shape index (κ1) is 16.0. The number of benzene rings is 2. The summed E-state index contributed by atoms with van der Waals surface area (Å²) in [5, 5.41) is 5.87. The lowest BCUT2D eigenvalue weighted by Crippen LogP contribution is -2.24. The number of rotatable bonds is 5. The molecule has 1 aliphatic rings. The van der Waals surface area contributed by atoms with Crippen LogP contribution in [0.2, 0.25) is 0 Å². The first-order valence-electron chi connectivity index (χ1n) is 8.65. The lowest BCUT2D eigenvalue weighted by molar-refractivity contribution is -0.120. The van der Waals surface area contributed by atoms with Gasteiger partial charge in [-0.3, -0.25) is 4.79 Å². The van der Waals surface area contributed by atoms with Gasteiger partial charge in [-0.1, -0.05) is 42.5 Å². The van der Waals surface area contributed by atoms with Crippen LogP contribution in [-0.4, -0.2) is 10.9 Å². The zero-order chi connectivity index (χ0) is 17.1. The smallest absolute Gasteiger partial charge is 0.227 e. The molecule has 0 bridgehead atoms. The average Bonchev–Trinajstić information content (AvgIpc) is 3.29. The number of aryl methyl sites for hydroxylation is 2. The van der Waals surface area contributed by atoms with Crippen molar-refractivity contribution in [3.05, 3.63) is 75.6 Å².